The van der Waals surface area contributed by atoms with Gasteiger partial charge in [-0.2, -0.15) is 0 Å². The van der Waals surface area contributed by atoms with Crippen LogP contribution in [0.1, 0.15) is 22.8 Å². The Morgan fingerprint density at radius 3 is 2.50 bits per heavy atom. The highest BCUT2D eigenvalue weighted by Gasteiger charge is 2.11. The van der Waals surface area contributed by atoms with E-state index in [4.69, 9.17) is 9.84 Å². The summed E-state index contributed by atoms with van der Waals surface area (Å²) in [6.45, 7) is 4.47. The molecule has 0 aliphatic rings. The van der Waals surface area contributed by atoms with E-state index in [1.54, 1.807) is 6.07 Å². The van der Waals surface area contributed by atoms with Crippen LogP contribution >= 0.6 is 0 Å². The zero-order chi connectivity index (χ0) is 14.7. The summed E-state index contributed by atoms with van der Waals surface area (Å²) in [4.78, 5) is 10.9. The van der Waals surface area contributed by atoms with E-state index in [1.165, 1.54) is 12.1 Å². The van der Waals surface area contributed by atoms with Crippen molar-refractivity contribution < 1.29 is 19.7 Å². The second kappa shape index (κ2) is 5.65. The number of rotatable bonds is 4. The Balaban J connectivity index is 2.41. The van der Waals surface area contributed by atoms with E-state index >= 15 is 0 Å². The van der Waals surface area contributed by atoms with Gasteiger partial charge in [0.25, 0.3) is 0 Å². The Bertz CT molecular complexity index is 647. The molecule has 0 bridgehead atoms. The van der Waals surface area contributed by atoms with Crippen LogP contribution in [0.4, 0.5) is 0 Å². The van der Waals surface area contributed by atoms with E-state index in [-0.39, 0.29) is 11.3 Å². The molecule has 0 heterocycles. The lowest BCUT2D eigenvalue weighted by atomic mass is 9.98. The first kappa shape index (κ1) is 13.9. The van der Waals surface area contributed by atoms with Crippen LogP contribution in [0, 0.1) is 6.92 Å². The Hall–Kier alpha value is -2.49. The number of benzene rings is 2. The Kier molecular flexibility index (Phi) is 3.94. The highest BCUT2D eigenvalue weighted by Crippen LogP contribution is 2.30. The average Bonchev–Trinajstić information content (AvgIpc) is 2.38. The van der Waals surface area contributed by atoms with Gasteiger partial charge in [-0.05, 0) is 54.8 Å². The quantitative estimate of drug-likeness (QED) is 0.894. The van der Waals surface area contributed by atoms with Crippen LogP contribution in [0.3, 0.4) is 0 Å². The molecule has 0 aliphatic carbocycles. The number of hydrogen-bond acceptors (Lipinski definition) is 3. The highest BCUT2D eigenvalue weighted by atomic mass is 16.5. The minimum atomic E-state index is -1.14. The van der Waals surface area contributed by atoms with Gasteiger partial charge in [0.1, 0.15) is 17.1 Å². The van der Waals surface area contributed by atoms with Gasteiger partial charge < -0.3 is 14.9 Å². The maximum absolute atomic E-state index is 10.9. The maximum atomic E-state index is 10.9. The van der Waals surface area contributed by atoms with E-state index in [0.29, 0.717) is 6.61 Å². The van der Waals surface area contributed by atoms with Gasteiger partial charge >= 0.3 is 5.97 Å². The smallest absolute Gasteiger partial charge is 0.339 e. The number of aryl methyl sites for hydroxylation is 1. The molecule has 20 heavy (non-hydrogen) atoms. The fourth-order valence-corrected chi connectivity index (χ4v) is 2.10. The van der Waals surface area contributed by atoms with Gasteiger partial charge in [-0.15, -0.1) is 0 Å². The minimum absolute atomic E-state index is 0.0997. The van der Waals surface area contributed by atoms with Crippen LogP contribution in [0.25, 0.3) is 11.1 Å². The Labute approximate surface area is 117 Å². The number of hydrogen-bond donors (Lipinski definition) is 2. The van der Waals surface area contributed by atoms with Crippen LogP contribution < -0.4 is 4.74 Å². The van der Waals surface area contributed by atoms with Gasteiger partial charge in [0, 0.05) is 0 Å². The maximum Gasteiger partial charge on any atom is 0.339 e. The molecule has 0 fully saturated rings. The topological polar surface area (TPSA) is 66.8 Å². The van der Waals surface area contributed by atoms with Crippen molar-refractivity contribution in [1.82, 2.24) is 0 Å². The number of carboxylic acids is 1. The van der Waals surface area contributed by atoms with Crippen molar-refractivity contribution in [2.45, 2.75) is 13.8 Å². The van der Waals surface area contributed by atoms with Gasteiger partial charge in [-0.1, -0.05) is 12.1 Å². The first-order valence-corrected chi connectivity index (χ1v) is 6.33. The van der Waals surface area contributed by atoms with E-state index < -0.39 is 5.97 Å². The number of carbonyl (C=O) groups is 1. The van der Waals surface area contributed by atoms with Crippen molar-refractivity contribution in [2.24, 2.45) is 0 Å². The molecule has 0 atom stereocenters. The second-order valence-corrected chi connectivity index (χ2v) is 4.45. The number of aromatic hydroxyl groups is 1. The molecule has 0 aromatic heterocycles. The van der Waals surface area contributed by atoms with E-state index in [1.807, 2.05) is 32.0 Å². The number of aromatic carboxylic acids is 1. The van der Waals surface area contributed by atoms with Crippen molar-refractivity contribution in [2.75, 3.05) is 6.61 Å². The van der Waals surface area contributed by atoms with Crippen LogP contribution in [0.2, 0.25) is 0 Å². The summed E-state index contributed by atoms with van der Waals surface area (Å²) in [6, 6.07) is 10.2. The first-order valence-electron chi connectivity index (χ1n) is 6.33. The molecule has 0 spiro atoms. The molecule has 4 nitrogen and oxygen atoms in total. The summed E-state index contributed by atoms with van der Waals surface area (Å²) in [5, 5.41) is 18.6. The molecular formula is C16H16O4. The third-order valence-electron chi connectivity index (χ3n) is 3.05. The normalized spacial score (nSPS) is 10.3. The number of phenols is 1. The average molecular weight is 272 g/mol. The molecule has 104 valence electrons. The van der Waals surface area contributed by atoms with Crippen molar-refractivity contribution >= 4 is 5.97 Å². The molecule has 2 rings (SSSR count). The summed E-state index contributed by atoms with van der Waals surface area (Å²) in [7, 11) is 0. The van der Waals surface area contributed by atoms with Crippen LogP contribution in [0.5, 0.6) is 11.5 Å². The lowest BCUT2D eigenvalue weighted by Crippen LogP contribution is -1.97. The van der Waals surface area contributed by atoms with E-state index in [2.05, 4.69) is 0 Å². The summed E-state index contributed by atoms with van der Waals surface area (Å²) in [5.41, 5.74) is 2.60. The monoisotopic (exact) mass is 272 g/mol. The standard InChI is InChI=1S/C16H16O4/c1-3-20-12-5-7-13(10(2)8-12)11-4-6-14(16(18)19)15(17)9-11/h4-9,17H,3H2,1-2H3,(H,18,19). The molecule has 2 aromatic rings. The van der Waals surface area contributed by atoms with Gasteiger partial charge in [0.05, 0.1) is 6.61 Å². The van der Waals surface area contributed by atoms with Gasteiger partial charge in [0.2, 0.25) is 0 Å². The summed E-state index contributed by atoms with van der Waals surface area (Å²) >= 11 is 0. The lowest BCUT2D eigenvalue weighted by molar-refractivity contribution is 0.0694. The molecule has 0 aliphatic heterocycles. The molecule has 0 radical (unpaired) electrons. The molecule has 0 saturated carbocycles. The van der Waals surface area contributed by atoms with Crippen molar-refractivity contribution in [3.63, 3.8) is 0 Å². The largest absolute Gasteiger partial charge is 0.507 e. The van der Waals surface area contributed by atoms with Gasteiger partial charge in [-0.3, -0.25) is 0 Å². The predicted octanol–water partition coefficient (Wildman–Crippen LogP) is 3.46. The minimum Gasteiger partial charge on any atom is -0.507 e. The fourth-order valence-electron chi connectivity index (χ4n) is 2.10. The van der Waals surface area contributed by atoms with Crippen LogP contribution in [-0.4, -0.2) is 22.8 Å². The number of ether oxygens (including phenoxy) is 1. The molecular weight excluding hydrogens is 256 g/mol. The van der Waals surface area contributed by atoms with E-state index in [9.17, 15) is 9.90 Å². The van der Waals surface area contributed by atoms with Gasteiger partial charge in [-0.25, -0.2) is 4.79 Å². The first-order chi connectivity index (χ1) is 9.52. The molecule has 2 aromatic carbocycles. The zero-order valence-electron chi connectivity index (χ0n) is 11.4. The Morgan fingerprint density at radius 1 is 1.20 bits per heavy atom. The van der Waals surface area contributed by atoms with Crippen molar-refractivity contribution in [3.8, 4) is 22.6 Å². The summed E-state index contributed by atoms with van der Waals surface area (Å²) < 4.78 is 5.42. The Morgan fingerprint density at radius 2 is 1.95 bits per heavy atom. The predicted molar refractivity (Wildman–Crippen MR) is 76.4 cm³/mol. The van der Waals surface area contributed by atoms with Gasteiger partial charge in [0.15, 0.2) is 0 Å². The molecule has 4 heteroatoms. The van der Waals surface area contributed by atoms with Crippen molar-refractivity contribution in [1.29, 1.82) is 0 Å². The summed E-state index contributed by atoms with van der Waals surface area (Å²) in [5.74, 6) is -0.583. The summed E-state index contributed by atoms with van der Waals surface area (Å²) in [6.07, 6.45) is 0. The fraction of sp³-hybridized carbons (Fsp3) is 0.188. The zero-order valence-corrected chi connectivity index (χ0v) is 11.4. The number of carboxylic acid groups (broad SMARTS) is 1. The highest BCUT2D eigenvalue weighted by molar-refractivity contribution is 5.91. The lowest BCUT2D eigenvalue weighted by Gasteiger charge is -2.10. The van der Waals surface area contributed by atoms with Crippen molar-refractivity contribution in [3.05, 3.63) is 47.5 Å². The van der Waals surface area contributed by atoms with Crippen LogP contribution in [0.15, 0.2) is 36.4 Å². The SMILES string of the molecule is CCOc1ccc(-c2ccc(C(=O)O)c(O)c2)c(C)c1. The second-order valence-electron chi connectivity index (χ2n) is 4.45. The molecule has 2 N–H and O–H groups in total. The molecule has 0 unspecified atom stereocenters. The molecule has 0 saturated heterocycles. The molecule has 0 amide bonds. The third kappa shape index (κ3) is 2.74. The van der Waals surface area contributed by atoms with Crippen LogP contribution in [-0.2, 0) is 0 Å². The van der Waals surface area contributed by atoms with E-state index in [0.717, 1.165) is 22.4 Å². The third-order valence-corrected chi connectivity index (χ3v) is 3.05.